The standard InChI is InChI=1S/C25H28N2O5S/c1-31-23-15-19-11-13-27(17-20(19)16-24(23)32-2)33(29,30)14-6-12-26-25(28)22-10-5-8-18-7-3-4-9-21(18)22/h3-5,7-10,15-16H,6,11-14,17H2,1-2H3,(H,26,28). The lowest BCUT2D eigenvalue weighted by Crippen LogP contribution is -2.38. The molecule has 3 aromatic rings. The molecule has 0 radical (unpaired) electrons. The van der Waals surface area contributed by atoms with Crippen molar-refractivity contribution in [3.8, 4) is 11.5 Å². The number of hydrogen-bond donors (Lipinski definition) is 1. The van der Waals surface area contributed by atoms with E-state index in [1.54, 1.807) is 20.3 Å². The number of nitrogens with zero attached hydrogens (tertiary/aromatic N) is 1. The number of hydrogen-bond acceptors (Lipinski definition) is 5. The van der Waals surface area contributed by atoms with Crippen molar-refractivity contribution < 1.29 is 22.7 Å². The molecule has 0 saturated heterocycles. The molecule has 7 nitrogen and oxygen atoms in total. The van der Waals surface area contributed by atoms with Gasteiger partial charge in [-0.1, -0.05) is 36.4 Å². The number of benzene rings is 3. The van der Waals surface area contributed by atoms with E-state index in [-0.39, 0.29) is 18.2 Å². The second-order valence-electron chi connectivity index (χ2n) is 8.01. The number of sulfonamides is 1. The Morgan fingerprint density at radius 3 is 2.45 bits per heavy atom. The summed E-state index contributed by atoms with van der Waals surface area (Å²) in [6, 6.07) is 17.1. The van der Waals surface area contributed by atoms with Gasteiger partial charge < -0.3 is 14.8 Å². The number of amides is 1. The second kappa shape index (κ2) is 9.80. The predicted octanol–water partition coefficient (Wildman–Crippen LogP) is 3.37. The molecule has 0 saturated carbocycles. The largest absolute Gasteiger partial charge is 0.493 e. The maximum Gasteiger partial charge on any atom is 0.251 e. The first kappa shape index (κ1) is 23.1. The number of carbonyl (C=O) groups is 1. The predicted molar refractivity (Wildman–Crippen MR) is 128 cm³/mol. The average molecular weight is 469 g/mol. The van der Waals surface area contributed by atoms with Gasteiger partial charge in [0.25, 0.3) is 5.91 Å². The first-order valence-electron chi connectivity index (χ1n) is 10.9. The van der Waals surface area contributed by atoms with Crippen LogP contribution in [0.3, 0.4) is 0 Å². The third-order valence-corrected chi connectivity index (χ3v) is 7.88. The third kappa shape index (κ3) is 4.96. The Balaban J connectivity index is 1.35. The third-order valence-electron chi connectivity index (χ3n) is 5.98. The smallest absolute Gasteiger partial charge is 0.251 e. The Kier molecular flexibility index (Phi) is 6.85. The molecule has 1 heterocycles. The summed E-state index contributed by atoms with van der Waals surface area (Å²) < 4.78 is 38.0. The molecule has 3 aromatic carbocycles. The lowest BCUT2D eigenvalue weighted by atomic mass is 10.0. The highest BCUT2D eigenvalue weighted by Crippen LogP contribution is 2.33. The highest BCUT2D eigenvalue weighted by molar-refractivity contribution is 7.89. The Bertz CT molecular complexity index is 1270. The maximum absolute atomic E-state index is 12.9. The van der Waals surface area contributed by atoms with E-state index >= 15 is 0 Å². The summed E-state index contributed by atoms with van der Waals surface area (Å²) in [5.74, 6) is 1.02. The van der Waals surface area contributed by atoms with Crippen LogP contribution in [0.2, 0.25) is 0 Å². The monoisotopic (exact) mass is 468 g/mol. The molecule has 0 fully saturated rings. The van der Waals surface area contributed by atoms with Crippen LogP contribution in [0.1, 0.15) is 27.9 Å². The highest BCUT2D eigenvalue weighted by atomic mass is 32.2. The van der Waals surface area contributed by atoms with E-state index in [0.29, 0.717) is 43.0 Å². The van der Waals surface area contributed by atoms with Crippen LogP contribution >= 0.6 is 0 Å². The van der Waals surface area contributed by atoms with E-state index in [9.17, 15) is 13.2 Å². The van der Waals surface area contributed by atoms with Gasteiger partial charge in [0.1, 0.15) is 0 Å². The molecular weight excluding hydrogens is 440 g/mol. The lowest BCUT2D eigenvalue weighted by molar-refractivity contribution is 0.0955. The van der Waals surface area contributed by atoms with Crippen molar-refractivity contribution >= 4 is 26.7 Å². The quantitative estimate of drug-likeness (QED) is 0.513. The normalized spacial score (nSPS) is 14.0. The summed E-state index contributed by atoms with van der Waals surface area (Å²) in [5, 5.41) is 4.73. The van der Waals surface area contributed by atoms with Gasteiger partial charge in [0.2, 0.25) is 10.0 Å². The maximum atomic E-state index is 12.9. The van der Waals surface area contributed by atoms with E-state index in [0.717, 1.165) is 21.9 Å². The molecule has 0 unspecified atom stereocenters. The lowest BCUT2D eigenvalue weighted by Gasteiger charge is -2.29. The van der Waals surface area contributed by atoms with Crippen LogP contribution in [0.15, 0.2) is 54.6 Å². The van der Waals surface area contributed by atoms with Crippen LogP contribution < -0.4 is 14.8 Å². The Morgan fingerprint density at radius 2 is 1.70 bits per heavy atom. The van der Waals surface area contributed by atoms with Crippen molar-refractivity contribution in [2.75, 3.05) is 33.1 Å². The van der Waals surface area contributed by atoms with Crippen LogP contribution in [-0.2, 0) is 23.0 Å². The summed E-state index contributed by atoms with van der Waals surface area (Å²) in [4.78, 5) is 12.6. The first-order chi connectivity index (χ1) is 15.9. The van der Waals surface area contributed by atoms with E-state index in [4.69, 9.17) is 9.47 Å². The number of nitrogens with one attached hydrogen (secondary N) is 1. The first-order valence-corrected chi connectivity index (χ1v) is 12.5. The number of fused-ring (bicyclic) bond motifs is 2. The zero-order valence-corrected chi connectivity index (χ0v) is 19.7. The van der Waals surface area contributed by atoms with Gasteiger partial charge in [0, 0.05) is 25.2 Å². The van der Waals surface area contributed by atoms with Gasteiger partial charge in [0.05, 0.1) is 20.0 Å². The number of ether oxygens (including phenoxy) is 2. The van der Waals surface area contributed by atoms with Crippen molar-refractivity contribution in [3.05, 3.63) is 71.3 Å². The van der Waals surface area contributed by atoms with Gasteiger partial charge in [0.15, 0.2) is 11.5 Å². The van der Waals surface area contributed by atoms with Crippen LogP contribution in [0.4, 0.5) is 0 Å². The molecule has 8 heteroatoms. The average Bonchev–Trinajstić information content (AvgIpc) is 2.84. The summed E-state index contributed by atoms with van der Waals surface area (Å²) in [7, 11) is -0.299. The molecular formula is C25H28N2O5S. The Hall–Kier alpha value is -3.10. The van der Waals surface area contributed by atoms with E-state index in [1.165, 1.54) is 4.31 Å². The zero-order chi connectivity index (χ0) is 23.4. The minimum Gasteiger partial charge on any atom is -0.493 e. The molecule has 0 aliphatic carbocycles. The van der Waals surface area contributed by atoms with Crippen molar-refractivity contribution in [2.24, 2.45) is 0 Å². The van der Waals surface area contributed by atoms with Crippen LogP contribution in [-0.4, -0.2) is 51.7 Å². The van der Waals surface area contributed by atoms with Crippen LogP contribution in [0, 0.1) is 0 Å². The van der Waals surface area contributed by atoms with E-state index in [1.807, 2.05) is 48.5 Å². The molecule has 1 amide bonds. The van der Waals surface area contributed by atoms with Gasteiger partial charge in [-0.25, -0.2) is 8.42 Å². The van der Waals surface area contributed by atoms with Crippen molar-refractivity contribution in [1.82, 2.24) is 9.62 Å². The fraction of sp³-hybridized carbons (Fsp3) is 0.320. The summed E-state index contributed by atoms with van der Waals surface area (Å²) in [6.45, 7) is 1.02. The molecule has 1 aliphatic rings. The van der Waals surface area contributed by atoms with Gasteiger partial charge in [-0.2, -0.15) is 4.31 Å². The minimum absolute atomic E-state index is 0.0224. The summed E-state index contributed by atoms with van der Waals surface area (Å²) in [6.07, 6.45) is 0.959. The molecule has 4 rings (SSSR count). The molecule has 174 valence electrons. The molecule has 0 atom stereocenters. The minimum atomic E-state index is -3.45. The van der Waals surface area contributed by atoms with Gasteiger partial charge in [-0.3, -0.25) is 4.79 Å². The fourth-order valence-electron chi connectivity index (χ4n) is 4.20. The summed E-state index contributed by atoms with van der Waals surface area (Å²) >= 11 is 0. The molecule has 33 heavy (non-hydrogen) atoms. The van der Waals surface area contributed by atoms with Crippen LogP contribution in [0.25, 0.3) is 10.8 Å². The molecule has 1 N–H and O–H groups in total. The number of rotatable bonds is 8. The zero-order valence-electron chi connectivity index (χ0n) is 18.8. The summed E-state index contributed by atoms with van der Waals surface area (Å²) in [5.41, 5.74) is 2.58. The van der Waals surface area contributed by atoms with Crippen molar-refractivity contribution in [1.29, 1.82) is 0 Å². The number of carbonyl (C=O) groups excluding carboxylic acids is 1. The number of methoxy groups -OCH3 is 2. The van der Waals surface area contributed by atoms with Gasteiger partial charge in [-0.15, -0.1) is 0 Å². The molecule has 1 aliphatic heterocycles. The molecule has 0 aromatic heterocycles. The van der Waals surface area contributed by atoms with E-state index < -0.39 is 10.0 Å². The van der Waals surface area contributed by atoms with Crippen LogP contribution in [0.5, 0.6) is 11.5 Å². The SMILES string of the molecule is COc1cc2c(cc1OC)CN(S(=O)(=O)CCCNC(=O)c1cccc3ccccc13)CC2. The highest BCUT2D eigenvalue weighted by Gasteiger charge is 2.27. The van der Waals surface area contributed by atoms with Crippen molar-refractivity contribution in [2.45, 2.75) is 19.4 Å². The Morgan fingerprint density at radius 1 is 1.00 bits per heavy atom. The fourth-order valence-corrected chi connectivity index (χ4v) is 5.67. The molecule has 0 bridgehead atoms. The Labute approximate surface area is 194 Å². The van der Waals surface area contributed by atoms with Crippen molar-refractivity contribution in [3.63, 3.8) is 0 Å². The second-order valence-corrected chi connectivity index (χ2v) is 10.1. The van der Waals surface area contributed by atoms with E-state index in [2.05, 4.69) is 5.32 Å². The molecule has 0 spiro atoms. The van der Waals surface area contributed by atoms with Gasteiger partial charge in [-0.05, 0) is 52.9 Å². The van der Waals surface area contributed by atoms with Gasteiger partial charge >= 0.3 is 0 Å². The topological polar surface area (TPSA) is 84.9 Å².